The molecule has 0 saturated carbocycles. The van der Waals surface area contributed by atoms with Crippen LogP contribution in [0.3, 0.4) is 0 Å². The average molecular weight is 468 g/mol. The van der Waals surface area contributed by atoms with Crippen molar-refractivity contribution in [3.8, 4) is 17.5 Å². The molecule has 0 aliphatic heterocycles. The Bertz CT molecular complexity index is 1000. The van der Waals surface area contributed by atoms with Crippen molar-refractivity contribution in [3.63, 3.8) is 0 Å². The van der Waals surface area contributed by atoms with Gasteiger partial charge in [-0.15, -0.1) is 10.2 Å². The van der Waals surface area contributed by atoms with Crippen LogP contribution in [0.5, 0.6) is 0 Å². The lowest BCUT2D eigenvalue weighted by atomic mass is 9.86. The highest BCUT2D eigenvalue weighted by molar-refractivity contribution is 7.99. The highest BCUT2D eigenvalue weighted by atomic mass is 32.2. The molecule has 1 aromatic heterocycles. The summed E-state index contributed by atoms with van der Waals surface area (Å²) in [7, 11) is 0. The Morgan fingerprint density at radius 2 is 1.88 bits per heavy atom. The summed E-state index contributed by atoms with van der Waals surface area (Å²) in [6, 6.07) is 10.4. The molecule has 0 fully saturated rings. The zero-order valence-electron chi connectivity index (χ0n) is 20.8. The number of carbonyl (C=O) groups excluding carboxylic acids is 1. The molecule has 2 N–H and O–H groups in total. The zero-order valence-corrected chi connectivity index (χ0v) is 21.6. The summed E-state index contributed by atoms with van der Waals surface area (Å²) in [5.74, 6) is 1.07. The zero-order chi connectivity index (χ0) is 24.6. The van der Waals surface area contributed by atoms with E-state index in [0.29, 0.717) is 11.1 Å². The van der Waals surface area contributed by atoms with E-state index in [0.717, 1.165) is 24.4 Å². The van der Waals surface area contributed by atoms with Crippen LogP contribution in [0.15, 0.2) is 40.7 Å². The highest BCUT2D eigenvalue weighted by Gasteiger charge is 2.20. The molecule has 6 nitrogen and oxygen atoms in total. The third-order valence-electron chi connectivity index (χ3n) is 5.64. The fourth-order valence-corrected chi connectivity index (χ4v) is 4.43. The highest BCUT2D eigenvalue weighted by Crippen LogP contribution is 2.29. The fourth-order valence-electron chi connectivity index (χ4n) is 3.61. The van der Waals surface area contributed by atoms with Crippen LogP contribution in [0.4, 0.5) is 0 Å². The molecule has 7 heteroatoms. The SMILES string of the molecule is CCCCCC(C)Cn1c(SCC(=O)/C(C#N)=C(/C)N)nnc1-c1ccc(C(C)(C)C)cc1. The van der Waals surface area contributed by atoms with E-state index in [1.165, 1.54) is 36.6 Å². The van der Waals surface area contributed by atoms with E-state index in [2.05, 4.69) is 73.6 Å². The van der Waals surface area contributed by atoms with Crippen LogP contribution in [-0.4, -0.2) is 26.3 Å². The molecule has 33 heavy (non-hydrogen) atoms. The number of benzene rings is 1. The number of nitriles is 1. The molecule has 0 aliphatic carbocycles. The lowest BCUT2D eigenvalue weighted by Crippen LogP contribution is -2.13. The van der Waals surface area contributed by atoms with Gasteiger partial charge in [0.05, 0.1) is 5.75 Å². The largest absolute Gasteiger partial charge is 0.401 e. The quantitative estimate of drug-likeness (QED) is 0.192. The molecular formula is C26H37N5OS. The summed E-state index contributed by atoms with van der Waals surface area (Å²) in [5.41, 5.74) is 8.29. The van der Waals surface area contributed by atoms with Gasteiger partial charge in [-0.25, -0.2) is 0 Å². The summed E-state index contributed by atoms with van der Waals surface area (Å²) < 4.78 is 2.12. The molecule has 0 spiro atoms. The van der Waals surface area contributed by atoms with Gasteiger partial charge in [-0.2, -0.15) is 5.26 Å². The normalized spacial score (nSPS) is 13.4. The molecule has 1 unspecified atom stereocenters. The first-order valence-electron chi connectivity index (χ1n) is 11.6. The minimum Gasteiger partial charge on any atom is -0.401 e. The number of thioether (sulfide) groups is 1. The Morgan fingerprint density at radius 3 is 2.42 bits per heavy atom. The second kappa shape index (κ2) is 12.0. The molecule has 2 aromatic rings. The van der Waals surface area contributed by atoms with E-state index < -0.39 is 0 Å². The van der Waals surface area contributed by atoms with Crippen LogP contribution in [0.25, 0.3) is 11.4 Å². The summed E-state index contributed by atoms with van der Waals surface area (Å²) in [6.07, 6.45) is 4.75. The van der Waals surface area contributed by atoms with Crippen LogP contribution in [0, 0.1) is 17.2 Å². The van der Waals surface area contributed by atoms with Crippen molar-refractivity contribution < 1.29 is 4.79 Å². The number of rotatable bonds is 11. The van der Waals surface area contributed by atoms with E-state index in [1.54, 1.807) is 6.92 Å². The van der Waals surface area contributed by atoms with Crippen molar-refractivity contribution in [1.82, 2.24) is 14.8 Å². The summed E-state index contributed by atoms with van der Waals surface area (Å²) >= 11 is 1.31. The second-order valence-corrected chi connectivity index (χ2v) is 10.7. The summed E-state index contributed by atoms with van der Waals surface area (Å²) in [5, 5.41) is 18.8. The number of aromatic nitrogens is 3. The molecule has 0 bridgehead atoms. The number of unbranched alkanes of at least 4 members (excludes halogenated alkanes) is 2. The van der Waals surface area contributed by atoms with Gasteiger partial charge in [0.2, 0.25) is 0 Å². The van der Waals surface area contributed by atoms with Gasteiger partial charge >= 0.3 is 0 Å². The predicted octanol–water partition coefficient (Wildman–Crippen LogP) is 5.88. The smallest absolute Gasteiger partial charge is 0.191 e. The Kier molecular flexibility index (Phi) is 9.72. The number of allylic oxidation sites excluding steroid dienone is 2. The van der Waals surface area contributed by atoms with Crippen LogP contribution in [0.2, 0.25) is 0 Å². The molecule has 0 aliphatic rings. The molecule has 0 saturated heterocycles. The van der Waals surface area contributed by atoms with Crippen molar-refractivity contribution in [2.24, 2.45) is 11.7 Å². The van der Waals surface area contributed by atoms with Crippen LogP contribution >= 0.6 is 11.8 Å². The van der Waals surface area contributed by atoms with Crippen molar-refractivity contribution in [1.29, 1.82) is 5.26 Å². The maximum atomic E-state index is 12.5. The van der Waals surface area contributed by atoms with Gasteiger partial charge in [-0.1, -0.05) is 89.9 Å². The van der Waals surface area contributed by atoms with E-state index in [9.17, 15) is 10.1 Å². The van der Waals surface area contributed by atoms with Crippen molar-refractivity contribution >= 4 is 17.5 Å². The van der Waals surface area contributed by atoms with Crippen molar-refractivity contribution in [2.45, 2.75) is 84.3 Å². The summed E-state index contributed by atoms with van der Waals surface area (Å²) in [6.45, 7) is 13.4. The number of Topliss-reactive ketones (excluding diaryl/α,β-unsaturated/α-hetero) is 1. The van der Waals surface area contributed by atoms with Crippen LogP contribution in [-0.2, 0) is 16.8 Å². The molecule has 1 atom stereocenters. The third-order valence-corrected chi connectivity index (χ3v) is 6.60. The van der Waals surface area contributed by atoms with E-state index >= 15 is 0 Å². The van der Waals surface area contributed by atoms with Gasteiger partial charge in [-0.3, -0.25) is 4.79 Å². The first-order valence-corrected chi connectivity index (χ1v) is 12.6. The number of hydrogen-bond acceptors (Lipinski definition) is 6. The molecule has 0 amide bonds. The van der Waals surface area contributed by atoms with Crippen LogP contribution in [0.1, 0.15) is 72.8 Å². The maximum absolute atomic E-state index is 12.5. The molecule has 1 heterocycles. The van der Waals surface area contributed by atoms with Gasteiger partial charge < -0.3 is 10.3 Å². The van der Waals surface area contributed by atoms with Gasteiger partial charge in [-0.05, 0) is 30.2 Å². The Balaban J connectivity index is 2.32. The third kappa shape index (κ3) is 7.46. The lowest BCUT2D eigenvalue weighted by molar-refractivity contribution is -0.112. The van der Waals surface area contributed by atoms with Gasteiger partial charge in [0.1, 0.15) is 11.6 Å². The summed E-state index contributed by atoms with van der Waals surface area (Å²) in [4.78, 5) is 12.5. The molecule has 178 valence electrons. The number of nitrogens with two attached hydrogens (primary N) is 1. The van der Waals surface area contributed by atoms with Gasteiger partial charge in [0.15, 0.2) is 16.8 Å². The molecule has 2 rings (SSSR count). The van der Waals surface area contributed by atoms with Crippen LogP contribution < -0.4 is 5.73 Å². The number of ketones is 1. The van der Waals surface area contributed by atoms with Crippen molar-refractivity contribution in [2.75, 3.05) is 5.75 Å². The monoisotopic (exact) mass is 467 g/mol. The van der Waals surface area contributed by atoms with Crippen molar-refractivity contribution in [3.05, 3.63) is 41.1 Å². The number of carbonyl (C=O) groups is 1. The molecular weight excluding hydrogens is 430 g/mol. The van der Waals surface area contributed by atoms with Gasteiger partial charge in [0, 0.05) is 17.8 Å². The molecule has 1 aromatic carbocycles. The van der Waals surface area contributed by atoms with E-state index in [-0.39, 0.29) is 28.2 Å². The Hall–Kier alpha value is -2.59. The molecule has 0 radical (unpaired) electrons. The first-order chi connectivity index (χ1) is 15.6. The van der Waals surface area contributed by atoms with E-state index in [4.69, 9.17) is 5.73 Å². The van der Waals surface area contributed by atoms with Gasteiger partial charge in [0.25, 0.3) is 0 Å². The standard InChI is InChI=1S/C26H37N5OS/c1-7-8-9-10-18(2)16-31-24(20-11-13-21(14-12-20)26(4,5)6)29-30-25(31)33-17-23(32)22(15-27)19(3)28/h11-14,18H,7-10,16-17,28H2,1-6H3/b22-19-. The number of nitrogens with zero attached hydrogens (tertiary/aromatic N) is 4. The predicted molar refractivity (Wildman–Crippen MR) is 136 cm³/mol. The second-order valence-electron chi connectivity index (χ2n) is 9.73. The fraction of sp³-hybridized carbons (Fsp3) is 0.538. The minimum atomic E-state index is -0.288. The minimum absolute atomic E-state index is 0.0134. The maximum Gasteiger partial charge on any atom is 0.191 e. The topological polar surface area (TPSA) is 97.6 Å². The first kappa shape index (κ1) is 26.7. The Labute approximate surface area is 202 Å². The number of hydrogen-bond donors (Lipinski definition) is 1. The Morgan fingerprint density at radius 1 is 1.21 bits per heavy atom. The van der Waals surface area contributed by atoms with E-state index in [1.807, 2.05) is 6.07 Å². The average Bonchev–Trinajstić information content (AvgIpc) is 3.14. The lowest BCUT2D eigenvalue weighted by Gasteiger charge is -2.19.